The third kappa shape index (κ3) is 3.60. The Hall–Kier alpha value is -2.73. The molecule has 1 aromatic carbocycles. The molecule has 3 heterocycles. The van der Waals surface area contributed by atoms with E-state index in [1.54, 1.807) is 0 Å². The molecule has 0 radical (unpaired) electrons. The van der Waals surface area contributed by atoms with Gasteiger partial charge in [0.05, 0.1) is 17.7 Å². The highest BCUT2D eigenvalue weighted by Crippen LogP contribution is 2.14. The topological polar surface area (TPSA) is 66.8 Å². The first-order chi connectivity index (χ1) is 12.7. The zero-order chi connectivity index (χ0) is 17.9. The van der Waals surface area contributed by atoms with Crippen LogP contribution in [0, 0.1) is 6.92 Å². The molecule has 1 aliphatic rings. The quantitative estimate of drug-likeness (QED) is 0.781. The van der Waals surface area contributed by atoms with Crippen LogP contribution >= 0.6 is 0 Å². The maximum Gasteiger partial charge on any atom is 0.254 e. The Morgan fingerprint density at radius 2 is 1.92 bits per heavy atom. The number of benzene rings is 1. The lowest BCUT2D eigenvalue weighted by Gasteiger charge is -2.20. The molecule has 2 aromatic heterocycles. The summed E-state index contributed by atoms with van der Waals surface area (Å²) in [4.78, 5) is 26.3. The van der Waals surface area contributed by atoms with E-state index in [1.807, 2.05) is 25.5 Å². The largest absolute Gasteiger partial charge is 0.329 e. The van der Waals surface area contributed by atoms with Crippen LogP contribution in [0.25, 0.3) is 0 Å². The fourth-order valence-electron chi connectivity index (χ4n) is 3.57. The van der Waals surface area contributed by atoms with Crippen molar-refractivity contribution in [2.75, 3.05) is 13.1 Å². The molecular formula is C20H23N5O. The minimum absolute atomic E-state index is 0.0171. The molecule has 0 spiro atoms. The number of imidazole rings is 1. The van der Waals surface area contributed by atoms with E-state index in [-0.39, 0.29) is 5.56 Å². The lowest BCUT2D eigenvalue weighted by molar-refractivity contribution is 0.272. The normalized spacial score (nSPS) is 14.8. The van der Waals surface area contributed by atoms with E-state index in [9.17, 15) is 4.79 Å². The molecule has 0 atom stereocenters. The van der Waals surface area contributed by atoms with Gasteiger partial charge in [-0.2, -0.15) is 0 Å². The van der Waals surface area contributed by atoms with Crippen molar-refractivity contribution in [3.05, 3.63) is 81.5 Å². The van der Waals surface area contributed by atoms with Crippen LogP contribution in [0.15, 0.2) is 47.7 Å². The summed E-state index contributed by atoms with van der Waals surface area (Å²) in [5, 5.41) is 0. The second kappa shape index (κ2) is 7.25. The summed E-state index contributed by atoms with van der Waals surface area (Å²) >= 11 is 0. The molecule has 1 aliphatic heterocycles. The van der Waals surface area contributed by atoms with Gasteiger partial charge >= 0.3 is 0 Å². The van der Waals surface area contributed by atoms with Gasteiger partial charge in [0.15, 0.2) is 0 Å². The zero-order valence-corrected chi connectivity index (χ0v) is 15.0. The first kappa shape index (κ1) is 16.7. The Morgan fingerprint density at radius 1 is 1.12 bits per heavy atom. The summed E-state index contributed by atoms with van der Waals surface area (Å²) in [6.45, 7) is 5.26. The molecule has 4 rings (SSSR count). The number of rotatable bonds is 4. The summed E-state index contributed by atoms with van der Waals surface area (Å²) < 4.78 is 2.20. The molecule has 134 valence electrons. The van der Waals surface area contributed by atoms with Gasteiger partial charge in [-0.05, 0) is 18.9 Å². The van der Waals surface area contributed by atoms with Gasteiger partial charge < -0.3 is 9.55 Å². The zero-order valence-electron chi connectivity index (χ0n) is 15.0. The Balaban J connectivity index is 1.47. The van der Waals surface area contributed by atoms with Gasteiger partial charge in [0.1, 0.15) is 5.82 Å². The van der Waals surface area contributed by atoms with Crippen LogP contribution in [-0.4, -0.2) is 37.5 Å². The van der Waals surface area contributed by atoms with Crippen molar-refractivity contribution in [1.82, 2.24) is 24.4 Å². The first-order valence-corrected chi connectivity index (χ1v) is 9.03. The summed E-state index contributed by atoms with van der Waals surface area (Å²) in [5.74, 6) is 0.697. The van der Waals surface area contributed by atoms with Crippen molar-refractivity contribution < 1.29 is 0 Å². The van der Waals surface area contributed by atoms with Crippen molar-refractivity contribution in [2.24, 2.45) is 0 Å². The van der Waals surface area contributed by atoms with Gasteiger partial charge in [-0.15, -0.1) is 0 Å². The van der Waals surface area contributed by atoms with E-state index in [4.69, 9.17) is 0 Å². The minimum atomic E-state index is 0.0171. The predicted octanol–water partition coefficient (Wildman–Crippen LogP) is 1.92. The predicted molar refractivity (Wildman–Crippen MR) is 100 cm³/mol. The summed E-state index contributed by atoms with van der Waals surface area (Å²) in [7, 11) is 0. The van der Waals surface area contributed by atoms with Gasteiger partial charge in [-0.1, -0.05) is 30.3 Å². The number of nitrogens with zero attached hydrogens (tertiary/aromatic N) is 4. The maximum absolute atomic E-state index is 12.2. The molecule has 0 saturated heterocycles. The SMILES string of the molecule is Cc1nc2c(c(=O)[nH]1)CCN(Cc1cncn1Cc1ccccc1)CC2. The van der Waals surface area contributed by atoms with E-state index in [0.29, 0.717) is 5.82 Å². The van der Waals surface area contributed by atoms with E-state index in [0.717, 1.165) is 50.3 Å². The summed E-state index contributed by atoms with van der Waals surface area (Å²) in [6.07, 6.45) is 5.39. The van der Waals surface area contributed by atoms with E-state index in [2.05, 4.69) is 48.7 Å². The van der Waals surface area contributed by atoms with Crippen LogP contribution in [0.5, 0.6) is 0 Å². The third-order valence-electron chi connectivity index (χ3n) is 4.94. The Labute approximate surface area is 152 Å². The van der Waals surface area contributed by atoms with Gasteiger partial charge in [0.2, 0.25) is 0 Å². The van der Waals surface area contributed by atoms with Gasteiger partial charge in [-0.3, -0.25) is 9.69 Å². The first-order valence-electron chi connectivity index (χ1n) is 9.03. The van der Waals surface area contributed by atoms with Crippen molar-refractivity contribution in [3.8, 4) is 0 Å². The average Bonchev–Trinajstić information content (AvgIpc) is 2.94. The summed E-state index contributed by atoms with van der Waals surface area (Å²) in [6, 6.07) is 10.4. The minimum Gasteiger partial charge on any atom is -0.329 e. The molecular weight excluding hydrogens is 326 g/mol. The lowest BCUT2D eigenvalue weighted by atomic mass is 10.1. The van der Waals surface area contributed by atoms with Crippen LogP contribution in [0.1, 0.15) is 28.3 Å². The number of aryl methyl sites for hydroxylation is 1. The molecule has 0 aliphatic carbocycles. The molecule has 1 N–H and O–H groups in total. The number of hydrogen-bond acceptors (Lipinski definition) is 4. The smallest absolute Gasteiger partial charge is 0.254 e. The molecule has 0 amide bonds. The van der Waals surface area contributed by atoms with Crippen LogP contribution in [0.4, 0.5) is 0 Å². The average molecular weight is 349 g/mol. The number of hydrogen-bond donors (Lipinski definition) is 1. The molecule has 0 bridgehead atoms. The Morgan fingerprint density at radius 3 is 2.77 bits per heavy atom. The van der Waals surface area contributed by atoms with Crippen LogP contribution in [0.2, 0.25) is 0 Å². The standard InChI is InChI=1S/C20H23N5O/c1-15-22-19-8-10-24(9-7-18(19)20(26)23-15)13-17-11-21-14-25(17)12-16-5-3-2-4-6-16/h2-6,11,14H,7-10,12-13H2,1H3,(H,22,23,26). The molecule has 0 saturated carbocycles. The number of nitrogens with one attached hydrogen (secondary N) is 1. The van der Waals surface area contributed by atoms with E-state index >= 15 is 0 Å². The van der Waals surface area contributed by atoms with Gasteiger partial charge in [0, 0.05) is 44.4 Å². The number of fused-ring (bicyclic) bond motifs is 1. The molecule has 26 heavy (non-hydrogen) atoms. The van der Waals surface area contributed by atoms with Crippen LogP contribution < -0.4 is 5.56 Å². The highest BCUT2D eigenvalue weighted by Gasteiger charge is 2.19. The van der Waals surface area contributed by atoms with Gasteiger partial charge in [-0.25, -0.2) is 9.97 Å². The Bertz CT molecular complexity index is 944. The monoisotopic (exact) mass is 349 g/mol. The van der Waals surface area contributed by atoms with Crippen molar-refractivity contribution >= 4 is 0 Å². The second-order valence-electron chi connectivity index (χ2n) is 6.85. The molecule has 0 unspecified atom stereocenters. The number of H-pyrrole nitrogens is 1. The second-order valence-corrected chi connectivity index (χ2v) is 6.85. The highest BCUT2D eigenvalue weighted by atomic mass is 16.1. The Kier molecular flexibility index (Phi) is 4.67. The summed E-state index contributed by atoms with van der Waals surface area (Å²) in [5.41, 5.74) is 4.27. The maximum atomic E-state index is 12.2. The lowest BCUT2D eigenvalue weighted by Crippen LogP contribution is -2.27. The molecule has 3 aromatic rings. The van der Waals surface area contributed by atoms with Crippen molar-refractivity contribution in [1.29, 1.82) is 0 Å². The fourth-order valence-corrected chi connectivity index (χ4v) is 3.57. The van der Waals surface area contributed by atoms with Gasteiger partial charge in [0.25, 0.3) is 5.56 Å². The number of aromatic nitrogens is 4. The van der Waals surface area contributed by atoms with Crippen molar-refractivity contribution in [3.63, 3.8) is 0 Å². The molecule has 6 heteroatoms. The van der Waals surface area contributed by atoms with Crippen molar-refractivity contribution in [2.45, 2.75) is 32.9 Å². The molecule has 0 fully saturated rings. The van der Waals surface area contributed by atoms with E-state index in [1.165, 1.54) is 11.3 Å². The van der Waals surface area contributed by atoms with Crippen LogP contribution in [-0.2, 0) is 25.9 Å². The molecule has 6 nitrogen and oxygen atoms in total. The number of aromatic amines is 1. The highest BCUT2D eigenvalue weighted by molar-refractivity contribution is 5.20. The van der Waals surface area contributed by atoms with E-state index < -0.39 is 0 Å². The van der Waals surface area contributed by atoms with Crippen LogP contribution in [0.3, 0.4) is 0 Å². The third-order valence-corrected chi connectivity index (χ3v) is 4.94. The fraction of sp³-hybridized carbons (Fsp3) is 0.350.